The van der Waals surface area contributed by atoms with Gasteiger partial charge in [-0.25, -0.2) is 4.79 Å². The molecule has 2 aromatic carbocycles. The third-order valence-corrected chi connectivity index (χ3v) is 3.33. The van der Waals surface area contributed by atoms with E-state index in [1.54, 1.807) is 30.3 Å². The van der Waals surface area contributed by atoms with Crippen LogP contribution < -0.4 is 10.1 Å². The van der Waals surface area contributed by atoms with Crippen LogP contribution in [0.5, 0.6) is 5.75 Å². The topological polar surface area (TPSA) is 75.6 Å². The van der Waals surface area contributed by atoms with E-state index in [4.69, 9.17) is 4.74 Å². The first-order chi connectivity index (χ1) is 11.5. The predicted octanol–water partition coefficient (Wildman–Crippen LogP) is 3.60. The maximum Gasteiger partial charge on any atom is 0.335 e. The summed E-state index contributed by atoms with van der Waals surface area (Å²) in [5.74, 6) is -0.356. The van der Waals surface area contributed by atoms with Gasteiger partial charge in [-0.15, -0.1) is 0 Å². The van der Waals surface area contributed by atoms with Gasteiger partial charge in [0.05, 0.1) is 24.3 Å². The minimum absolute atomic E-state index is 0.0129. The number of carboxylic acid groups (broad SMARTS) is 1. The molecular weight excluding hydrogens is 306 g/mol. The lowest BCUT2D eigenvalue weighted by atomic mass is 10.0. The van der Waals surface area contributed by atoms with Crippen LogP contribution in [0.4, 0.5) is 5.69 Å². The molecule has 0 radical (unpaired) electrons. The fourth-order valence-corrected chi connectivity index (χ4v) is 2.20. The number of rotatable bonds is 7. The molecular formula is C19H21NO4. The van der Waals surface area contributed by atoms with Gasteiger partial charge < -0.3 is 15.2 Å². The molecule has 0 bridgehead atoms. The van der Waals surface area contributed by atoms with Gasteiger partial charge in [0.2, 0.25) is 5.91 Å². The number of ether oxygens (including phenoxy) is 1. The van der Waals surface area contributed by atoms with Crippen molar-refractivity contribution in [3.05, 3.63) is 59.7 Å². The van der Waals surface area contributed by atoms with Gasteiger partial charge >= 0.3 is 5.97 Å². The summed E-state index contributed by atoms with van der Waals surface area (Å²) in [6.07, 6.45) is -0.0129. The first kappa shape index (κ1) is 17.5. The Labute approximate surface area is 141 Å². The number of carbonyl (C=O) groups excluding carboxylic acids is 1. The second-order valence-electron chi connectivity index (χ2n) is 5.89. The monoisotopic (exact) mass is 327 g/mol. The largest absolute Gasteiger partial charge is 0.491 e. The number of aromatic carboxylic acids is 1. The van der Waals surface area contributed by atoms with Crippen molar-refractivity contribution in [2.45, 2.75) is 20.3 Å². The van der Waals surface area contributed by atoms with Gasteiger partial charge in [-0.05, 0) is 29.7 Å². The molecule has 1 amide bonds. The fraction of sp³-hybridized carbons (Fsp3) is 0.263. The lowest BCUT2D eigenvalue weighted by molar-refractivity contribution is -0.115. The fourth-order valence-electron chi connectivity index (χ4n) is 2.20. The van der Waals surface area contributed by atoms with E-state index in [1.165, 1.54) is 6.07 Å². The molecule has 0 aromatic heterocycles. The average Bonchev–Trinajstić information content (AvgIpc) is 2.54. The van der Waals surface area contributed by atoms with Gasteiger partial charge in [0.25, 0.3) is 0 Å². The summed E-state index contributed by atoms with van der Waals surface area (Å²) in [5, 5.41) is 12.0. The SMILES string of the molecule is CC(C)COc1ccccc1NC(=O)Cc1ccccc1C(=O)O. The number of hydrogen-bond donors (Lipinski definition) is 2. The molecule has 0 fully saturated rings. The zero-order chi connectivity index (χ0) is 17.5. The second kappa shape index (κ2) is 8.15. The maximum atomic E-state index is 12.3. The van der Waals surface area contributed by atoms with Crippen LogP contribution in [0.15, 0.2) is 48.5 Å². The van der Waals surface area contributed by atoms with Crippen LogP contribution in [0.2, 0.25) is 0 Å². The van der Waals surface area contributed by atoms with Crippen LogP contribution in [0.25, 0.3) is 0 Å². The summed E-state index contributed by atoms with van der Waals surface area (Å²) in [7, 11) is 0. The Balaban J connectivity index is 2.09. The Kier molecular flexibility index (Phi) is 5.95. The van der Waals surface area contributed by atoms with Crippen molar-refractivity contribution in [1.82, 2.24) is 0 Å². The van der Waals surface area contributed by atoms with E-state index in [2.05, 4.69) is 5.32 Å². The third-order valence-electron chi connectivity index (χ3n) is 3.33. The molecule has 0 aliphatic heterocycles. The highest BCUT2D eigenvalue weighted by atomic mass is 16.5. The number of para-hydroxylation sites is 2. The molecule has 0 aliphatic carbocycles. The molecule has 5 heteroatoms. The van der Waals surface area contributed by atoms with Crippen molar-refractivity contribution in [2.75, 3.05) is 11.9 Å². The first-order valence-corrected chi connectivity index (χ1v) is 7.80. The van der Waals surface area contributed by atoms with E-state index in [-0.39, 0.29) is 17.9 Å². The molecule has 0 spiro atoms. The smallest absolute Gasteiger partial charge is 0.335 e. The van der Waals surface area contributed by atoms with Gasteiger partial charge in [0.1, 0.15) is 5.75 Å². The van der Waals surface area contributed by atoms with Gasteiger partial charge in [-0.2, -0.15) is 0 Å². The zero-order valence-corrected chi connectivity index (χ0v) is 13.8. The van der Waals surface area contributed by atoms with Gasteiger partial charge in [0, 0.05) is 0 Å². The minimum atomic E-state index is -1.04. The summed E-state index contributed by atoms with van der Waals surface area (Å²) in [6, 6.07) is 13.7. The van der Waals surface area contributed by atoms with Crippen molar-refractivity contribution in [3.8, 4) is 5.75 Å². The Morgan fingerprint density at radius 3 is 2.46 bits per heavy atom. The number of anilines is 1. The predicted molar refractivity (Wildman–Crippen MR) is 92.5 cm³/mol. The number of carbonyl (C=O) groups is 2. The Morgan fingerprint density at radius 1 is 1.08 bits per heavy atom. The Bertz CT molecular complexity index is 725. The Morgan fingerprint density at radius 2 is 1.75 bits per heavy atom. The summed E-state index contributed by atoms with van der Waals surface area (Å²) < 4.78 is 5.70. The number of hydrogen-bond acceptors (Lipinski definition) is 3. The van der Waals surface area contributed by atoms with Crippen molar-refractivity contribution in [3.63, 3.8) is 0 Å². The van der Waals surface area contributed by atoms with Crippen LogP contribution in [-0.2, 0) is 11.2 Å². The number of carboxylic acids is 1. The second-order valence-corrected chi connectivity index (χ2v) is 5.89. The van der Waals surface area contributed by atoms with Crippen LogP contribution >= 0.6 is 0 Å². The summed E-state index contributed by atoms with van der Waals surface area (Å²) >= 11 is 0. The first-order valence-electron chi connectivity index (χ1n) is 7.80. The summed E-state index contributed by atoms with van der Waals surface area (Å²) in [5.41, 5.74) is 1.19. The quantitative estimate of drug-likeness (QED) is 0.815. The van der Waals surface area contributed by atoms with Crippen LogP contribution in [0.1, 0.15) is 29.8 Å². The zero-order valence-electron chi connectivity index (χ0n) is 13.8. The number of nitrogens with one attached hydrogen (secondary N) is 1. The summed E-state index contributed by atoms with van der Waals surface area (Å²) in [4.78, 5) is 23.5. The van der Waals surface area contributed by atoms with Crippen LogP contribution in [0, 0.1) is 5.92 Å². The van der Waals surface area contributed by atoms with Crippen LogP contribution in [0.3, 0.4) is 0 Å². The van der Waals surface area contributed by atoms with E-state index in [9.17, 15) is 14.7 Å². The van der Waals surface area contributed by atoms with E-state index < -0.39 is 5.97 Å². The van der Waals surface area contributed by atoms with Gasteiger partial charge in [-0.1, -0.05) is 44.2 Å². The highest BCUT2D eigenvalue weighted by molar-refractivity contribution is 5.96. The molecule has 2 N–H and O–H groups in total. The highest BCUT2D eigenvalue weighted by Crippen LogP contribution is 2.24. The third kappa shape index (κ3) is 4.84. The lowest BCUT2D eigenvalue weighted by Crippen LogP contribution is -2.17. The standard InChI is InChI=1S/C19H21NO4/c1-13(2)12-24-17-10-6-5-9-16(17)20-18(21)11-14-7-3-4-8-15(14)19(22)23/h3-10,13H,11-12H2,1-2H3,(H,20,21)(H,22,23). The molecule has 0 heterocycles. The minimum Gasteiger partial charge on any atom is -0.491 e. The normalized spacial score (nSPS) is 10.5. The van der Waals surface area contributed by atoms with E-state index in [0.29, 0.717) is 29.5 Å². The van der Waals surface area contributed by atoms with Gasteiger partial charge in [-0.3, -0.25) is 4.79 Å². The van der Waals surface area contributed by atoms with E-state index >= 15 is 0 Å². The molecule has 0 saturated carbocycles. The van der Waals surface area contributed by atoms with E-state index in [0.717, 1.165) is 0 Å². The molecule has 126 valence electrons. The number of amides is 1. The van der Waals surface area contributed by atoms with Crippen molar-refractivity contribution in [2.24, 2.45) is 5.92 Å². The van der Waals surface area contributed by atoms with Gasteiger partial charge in [0.15, 0.2) is 0 Å². The average molecular weight is 327 g/mol. The van der Waals surface area contributed by atoms with Crippen molar-refractivity contribution >= 4 is 17.6 Å². The lowest BCUT2D eigenvalue weighted by Gasteiger charge is -2.14. The molecule has 2 aromatic rings. The molecule has 5 nitrogen and oxygen atoms in total. The van der Waals surface area contributed by atoms with E-state index in [1.807, 2.05) is 26.0 Å². The molecule has 24 heavy (non-hydrogen) atoms. The highest BCUT2D eigenvalue weighted by Gasteiger charge is 2.14. The molecule has 2 rings (SSSR count). The van der Waals surface area contributed by atoms with Crippen molar-refractivity contribution < 1.29 is 19.4 Å². The molecule has 0 unspecified atom stereocenters. The molecule has 0 saturated heterocycles. The molecule has 0 aliphatic rings. The Hall–Kier alpha value is -2.82. The number of benzene rings is 2. The maximum absolute atomic E-state index is 12.3. The van der Waals surface area contributed by atoms with Crippen molar-refractivity contribution in [1.29, 1.82) is 0 Å². The summed E-state index contributed by atoms with van der Waals surface area (Å²) in [6.45, 7) is 4.64. The van der Waals surface area contributed by atoms with Crippen LogP contribution in [-0.4, -0.2) is 23.6 Å². The molecule has 0 atom stereocenters.